The van der Waals surface area contributed by atoms with Crippen molar-refractivity contribution in [2.75, 3.05) is 21.3 Å². The molecule has 0 aromatic heterocycles. The Morgan fingerprint density at radius 3 is 2.42 bits per heavy atom. The van der Waals surface area contributed by atoms with Gasteiger partial charge in [0.15, 0.2) is 23.0 Å². The van der Waals surface area contributed by atoms with Crippen molar-refractivity contribution >= 4 is 5.78 Å². The number of nitrogens with two attached hydrogens (primary N) is 1. The first-order chi connectivity index (χ1) is 11.7. The Morgan fingerprint density at radius 2 is 1.83 bits per heavy atom. The van der Waals surface area contributed by atoms with Crippen molar-refractivity contribution in [3.05, 3.63) is 35.1 Å². The summed E-state index contributed by atoms with van der Waals surface area (Å²) < 4.78 is 10.3. The number of hydrogen-bond donors (Lipinski definition) is 2. The molecule has 5 heteroatoms. The van der Waals surface area contributed by atoms with Crippen molar-refractivity contribution in [1.82, 2.24) is 0 Å². The first-order valence-corrected chi connectivity index (χ1v) is 8.41. The number of methoxy groups -OCH3 is 2. The van der Waals surface area contributed by atoms with Gasteiger partial charge >= 0.3 is 0 Å². The van der Waals surface area contributed by atoms with E-state index in [-0.39, 0.29) is 23.4 Å². The molecule has 0 saturated heterocycles. The van der Waals surface area contributed by atoms with Crippen molar-refractivity contribution in [2.24, 2.45) is 11.7 Å². The summed E-state index contributed by atoms with van der Waals surface area (Å²) >= 11 is 0. The molecular weight excluding hydrogens is 306 g/mol. The van der Waals surface area contributed by atoms with Gasteiger partial charge in [-0.3, -0.25) is 4.79 Å². The van der Waals surface area contributed by atoms with Crippen LogP contribution in [0.5, 0.6) is 11.5 Å². The first kappa shape index (κ1) is 20.0. The number of Topliss-reactive ketones (excluding diaryl/α,β-unsaturated/α-hetero) is 1. The molecule has 0 fully saturated rings. The highest BCUT2D eigenvalue weighted by atomic mass is 16.5. The lowest BCUT2D eigenvalue weighted by atomic mass is 9.70. The summed E-state index contributed by atoms with van der Waals surface area (Å²) in [5.74, 6) is 1.38. The lowest BCUT2D eigenvalue weighted by Gasteiger charge is -2.35. The second-order valence-electron chi connectivity index (χ2n) is 5.36. The first-order valence-electron chi connectivity index (χ1n) is 8.41. The predicted octanol–water partition coefficient (Wildman–Crippen LogP) is 3.15. The molecule has 0 amide bonds. The Bertz CT molecular complexity index is 595. The van der Waals surface area contributed by atoms with Crippen LogP contribution in [0.2, 0.25) is 0 Å². The molecule has 1 aromatic rings. The standard InChI is InChI=1S/C16H18O4.C2H6.CH5N/c1-19-13-6-5-9-3-4-10-7-14(20-2)12(17)8-11(10)15(9)16(13)18;2*1-2/h5-7,10-11,18H,3-4,8H2,1-2H3;1-2H3;2H2,1H3. The summed E-state index contributed by atoms with van der Waals surface area (Å²) in [7, 11) is 4.57. The summed E-state index contributed by atoms with van der Waals surface area (Å²) in [6.45, 7) is 4.00. The highest BCUT2D eigenvalue weighted by Gasteiger charge is 2.37. The summed E-state index contributed by atoms with van der Waals surface area (Å²) in [4.78, 5) is 12.0. The van der Waals surface area contributed by atoms with Crippen LogP contribution in [0, 0.1) is 5.92 Å². The third-order valence-electron chi connectivity index (χ3n) is 4.39. The topological polar surface area (TPSA) is 81.8 Å². The van der Waals surface area contributed by atoms with Gasteiger partial charge in [0, 0.05) is 17.9 Å². The van der Waals surface area contributed by atoms with E-state index in [9.17, 15) is 9.90 Å². The van der Waals surface area contributed by atoms with E-state index in [1.54, 1.807) is 6.07 Å². The Labute approximate surface area is 144 Å². The number of rotatable bonds is 2. The van der Waals surface area contributed by atoms with Crippen molar-refractivity contribution < 1.29 is 19.4 Å². The van der Waals surface area contributed by atoms with Gasteiger partial charge in [-0.15, -0.1) is 0 Å². The fourth-order valence-electron chi connectivity index (χ4n) is 3.39. The number of phenolic OH excluding ortho intramolecular Hbond substituents is 1. The molecule has 2 atom stereocenters. The fraction of sp³-hybridized carbons (Fsp3) is 0.526. The van der Waals surface area contributed by atoms with Gasteiger partial charge in [0.05, 0.1) is 14.2 Å². The Morgan fingerprint density at radius 1 is 1.17 bits per heavy atom. The van der Waals surface area contributed by atoms with Gasteiger partial charge in [0.2, 0.25) is 0 Å². The lowest BCUT2D eigenvalue weighted by Crippen LogP contribution is -2.27. The summed E-state index contributed by atoms with van der Waals surface area (Å²) in [6, 6.07) is 3.78. The molecular formula is C19H29NO4. The second-order valence-corrected chi connectivity index (χ2v) is 5.36. The normalized spacial score (nSPS) is 20.9. The van der Waals surface area contributed by atoms with Crippen LogP contribution < -0.4 is 10.5 Å². The van der Waals surface area contributed by atoms with Crippen molar-refractivity contribution in [3.63, 3.8) is 0 Å². The van der Waals surface area contributed by atoms with E-state index in [0.29, 0.717) is 17.9 Å². The molecule has 2 unspecified atom stereocenters. The molecule has 1 aromatic carbocycles. The molecule has 0 aliphatic heterocycles. The number of fused-ring (bicyclic) bond motifs is 3. The zero-order valence-electron chi connectivity index (χ0n) is 15.3. The molecule has 2 aliphatic rings. The van der Waals surface area contributed by atoms with Crippen LogP contribution in [0.4, 0.5) is 0 Å². The maximum Gasteiger partial charge on any atom is 0.197 e. The van der Waals surface area contributed by atoms with E-state index in [0.717, 1.165) is 24.0 Å². The third kappa shape index (κ3) is 3.73. The van der Waals surface area contributed by atoms with E-state index in [1.807, 2.05) is 26.0 Å². The summed E-state index contributed by atoms with van der Waals surface area (Å²) in [5.41, 5.74) is 6.49. The predicted molar refractivity (Wildman–Crippen MR) is 95.4 cm³/mol. The van der Waals surface area contributed by atoms with Crippen molar-refractivity contribution in [3.8, 4) is 11.5 Å². The number of allylic oxidation sites excluding steroid dienone is 2. The largest absolute Gasteiger partial charge is 0.504 e. The fourth-order valence-corrected chi connectivity index (χ4v) is 3.39. The van der Waals surface area contributed by atoms with Crippen LogP contribution in [0.15, 0.2) is 24.0 Å². The van der Waals surface area contributed by atoms with Crippen molar-refractivity contribution in [1.29, 1.82) is 0 Å². The number of aryl methyl sites for hydroxylation is 1. The summed E-state index contributed by atoms with van der Waals surface area (Å²) in [5, 5.41) is 10.4. The summed E-state index contributed by atoms with van der Waals surface area (Å²) in [6.07, 6.45) is 4.18. The number of ether oxygens (including phenoxy) is 2. The smallest absolute Gasteiger partial charge is 0.197 e. The van der Waals surface area contributed by atoms with Gasteiger partial charge in [-0.05, 0) is 43.5 Å². The van der Waals surface area contributed by atoms with Gasteiger partial charge in [0.25, 0.3) is 0 Å². The Kier molecular flexibility index (Phi) is 7.79. The molecule has 0 saturated carbocycles. The zero-order valence-corrected chi connectivity index (χ0v) is 15.3. The molecule has 0 radical (unpaired) electrons. The number of hydrogen-bond acceptors (Lipinski definition) is 5. The van der Waals surface area contributed by atoms with E-state index in [2.05, 4.69) is 5.73 Å². The SMILES string of the molecule is CC.CN.COC1=CC2CCc3ccc(OC)c(O)c3C2CC1=O. The number of ketones is 1. The minimum Gasteiger partial charge on any atom is -0.504 e. The van der Waals surface area contributed by atoms with Crippen LogP contribution in [0.3, 0.4) is 0 Å². The maximum atomic E-state index is 12.0. The van der Waals surface area contributed by atoms with Gasteiger partial charge in [-0.25, -0.2) is 0 Å². The molecule has 2 aliphatic carbocycles. The van der Waals surface area contributed by atoms with Gasteiger partial charge in [0.1, 0.15) is 0 Å². The van der Waals surface area contributed by atoms with Gasteiger partial charge < -0.3 is 20.3 Å². The Hall–Kier alpha value is -2.01. The van der Waals surface area contributed by atoms with Crippen LogP contribution in [-0.2, 0) is 16.0 Å². The van der Waals surface area contributed by atoms with Crippen LogP contribution in [-0.4, -0.2) is 32.2 Å². The van der Waals surface area contributed by atoms with E-state index in [4.69, 9.17) is 9.47 Å². The van der Waals surface area contributed by atoms with Crippen LogP contribution in [0.1, 0.15) is 43.7 Å². The molecule has 3 rings (SSSR count). The number of carbonyl (C=O) groups is 1. The average Bonchev–Trinajstić information content (AvgIpc) is 2.64. The second kappa shape index (κ2) is 9.33. The molecule has 5 nitrogen and oxygen atoms in total. The number of aromatic hydroxyl groups is 1. The van der Waals surface area contributed by atoms with Gasteiger partial charge in [-0.2, -0.15) is 0 Å². The average molecular weight is 335 g/mol. The van der Waals surface area contributed by atoms with E-state index < -0.39 is 0 Å². The number of phenols is 1. The van der Waals surface area contributed by atoms with Crippen LogP contribution >= 0.6 is 0 Å². The van der Waals surface area contributed by atoms with Crippen LogP contribution in [0.25, 0.3) is 0 Å². The number of carbonyl (C=O) groups excluding carboxylic acids is 1. The van der Waals surface area contributed by atoms with E-state index >= 15 is 0 Å². The Balaban J connectivity index is 0.000000671. The van der Waals surface area contributed by atoms with Gasteiger partial charge in [-0.1, -0.05) is 19.9 Å². The highest BCUT2D eigenvalue weighted by molar-refractivity contribution is 5.95. The third-order valence-corrected chi connectivity index (χ3v) is 4.39. The molecule has 0 bridgehead atoms. The van der Waals surface area contributed by atoms with E-state index in [1.165, 1.54) is 21.3 Å². The highest BCUT2D eigenvalue weighted by Crippen LogP contribution is 2.48. The lowest BCUT2D eigenvalue weighted by molar-refractivity contribution is -0.119. The maximum absolute atomic E-state index is 12.0. The molecule has 134 valence electrons. The minimum absolute atomic E-state index is 0.00354. The monoisotopic (exact) mass is 335 g/mol. The molecule has 0 heterocycles. The molecule has 0 spiro atoms. The number of benzene rings is 1. The zero-order chi connectivity index (χ0) is 18.3. The quantitative estimate of drug-likeness (QED) is 0.867. The van der Waals surface area contributed by atoms with Crippen molar-refractivity contribution in [2.45, 2.75) is 39.0 Å². The molecule has 3 N–H and O–H groups in total. The minimum atomic E-state index is 0.00354. The molecule has 24 heavy (non-hydrogen) atoms.